The Kier molecular flexibility index (Phi) is 2.91. The van der Waals surface area contributed by atoms with E-state index in [1.807, 2.05) is 28.9 Å². The highest BCUT2D eigenvalue weighted by atomic mass is 15.4. The number of hydrogen-bond donors (Lipinski definition) is 1. The van der Waals surface area contributed by atoms with Crippen molar-refractivity contribution >= 4 is 11.6 Å². The number of fused-ring (bicyclic) bond motifs is 1. The third-order valence-electron chi connectivity index (χ3n) is 3.80. The topological polar surface area (TPSA) is 59.5 Å². The van der Waals surface area contributed by atoms with E-state index < -0.39 is 0 Å². The standard InChI is InChI=1S/C13H19N5/c1-10-5-6-11(8-14)9-17(10)13-15-12-4-2-3-7-18(12)16-13/h2-4,7,10-11H,5-6,8-9,14H2,1H3. The van der Waals surface area contributed by atoms with Crippen LogP contribution in [0.25, 0.3) is 5.65 Å². The second kappa shape index (κ2) is 4.57. The van der Waals surface area contributed by atoms with E-state index in [2.05, 4.69) is 21.9 Å². The molecule has 5 heteroatoms. The zero-order chi connectivity index (χ0) is 12.5. The van der Waals surface area contributed by atoms with Crippen LogP contribution in [0.2, 0.25) is 0 Å². The Balaban J connectivity index is 1.92. The Morgan fingerprint density at radius 3 is 3.06 bits per heavy atom. The van der Waals surface area contributed by atoms with Gasteiger partial charge in [0.15, 0.2) is 5.65 Å². The first-order valence-corrected chi connectivity index (χ1v) is 6.56. The van der Waals surface area contributed by atoms with Crippen molar-refractivity contribution < 1.29 is 0 Å². The van der Waals surface area contributed by atoms with Gasteiger partial charge in [0.05, 0.1) is 0 Å². The van der Waals surface area contributed by atoms with Crippen LogP contribution >= 0.6 is 0 Å². The van der Waals surface area contributed by atoms with Crippen LogP contribution in [-0.4, -0.2) is 33.7 Å². The summed E-state index contributed by atoms with van der Waals surface area (Å²) < 4.78 is 1.83. The third-order valence-corrected chi connectivity index (χ3v) is 3.80. The summed E-state index contributed by atoms with van der Waals surface area (Å²) in [6.07, 6.45) is 4.31. The van der Waals surface area contributed by atoms with Crippen LogP contribution in [0, 0.1) is 5.92 Å². The largest absolute Gasteiger partial charge is 0.336 e. The number of nitrogens with zero attached hydrogens (tertiary/aromatic N) is 4. The summed E-state index contributed by atoms with van der Waals surface area (Å²) >= 11 is 0. The summed E-state index contributed by atoms with van der Waals surface area (Å²) in [5.41, 5.74) is 6.69. The van der Waals surface area contributed by atoms with Crippen molar-refractivity contribution in [2.45, 2.75) is 25.8 Å². The van der Waals surface area contributed by atoms with E-state index in [0.717, 1.165) is 31.1 Å². The first kappa shape index (κ1) is 11.5. The molecule has 0 aromatic carbocycles. The molecule has 1 aliphatic heterocycles. The van der Waals surface area contributed by atoms with Crippen molar-refractivity contribution in [3.05, 3.63) is 24.4 Å². The van der Waals surface area contributed by atoms with E-state index in [4.69, 9.17) is 5.73 Å². The van der Waals surface area contributed by atoms with E-state index in [0.29, 0.717) is 12.0 Å². The van der Waals surface area contributed by atoms with E-state index in [1.165, 1.54) is 6.42 Å². The lowest BCUT2D eigenvalue weighted by molar-refractivity contribution is 0.369. The average Bonchev–Trinajstić information content (AvgIpc) is 2.82. The predicted octanol–water partition coefficient (Wildman–Crippen LogP) is 1.29. The minimum absolute atomic E-state index is 0.491. The molecule has 0 spiro atoms. The quantitative estimate of drug-likeness (QED) is 0.866. The molecule has 2 N–H and O–H groups in total. The molecular formula is C13H19N5. The van der Waals surface area contributed by atoms with E-state index >= 15 is 0 Å². The SMILES string of the molecule is CC1CCC(CN)CN1c1nc2ccccn2n1. The fraction of sp³-hybridized carbons (Fsp3) is 0.538. The summed E-state index contributed by atoms with van der Waals surface area (Å²) in [5.74, 6) is 1.39. The molecule has 2 atom stereocenters. The summed E-state index contributed by atoms with van der Waals surface area (Å²) in [7, 11) is 0. The summed E-state index contributed by atoms with van der Waals surface area (Å²) in [6.45, 7) is 3.95. The van der Waals surface area contributed by atoms with Gasteiger partial charge in [-0.15, -0.1) is 5.10 Å². The Bertz CT molecular complexity index is 502. The molecule has 0 amide bonds. The van der Waals surface area contributed by atoms with Crippen molar-refractivity contribution in [1.29, 1.82) is 0 Å². The Labute approximate surface area is 107 Å². The summed E-state index contributed by atoms with van der Waals surface area (Å²) in [6, 6.07) is 6.42. The Morgan fingerprint density at radius 2 is 2.28 bits per heavy atom. The van der Waals surface area contributed by atoms with Gasteiger partial charge in [-0.05, 0) is 44.4 Å². The second-order valence-corrected chi connectivity index (χ2v) is 5.10. The number of piperidine rings is 1. The molecule has 3 heterocycles. The maximum atomic E-state index is 5.79. The lowest BCUT2D eigenvalue weighted by Gasteiger charge is -2.36. The van der Waals surface area contributed by atoms with Crippen LogP contribution in [0.5, 0.6) is 0 Å². The fourth-order valence-corrected chi connectivity index (χ4v) is 2.59. The van der Waals surface area contributed by atoms with E-state index in [1.54, 1.807) is 0 Å². The van der Waals surface area contributed by atoms with Gasteiger partial charge in [-0.1, -0.05) is 6.07 Å². The Morgan fingerprint density at radius 1 is 1.39 bits per heavy atom. The molecule has 0 aliphatic carbocycles. The highest BCUT2D eigenvalue weighted by Gasteiger charge is 2.27. The highest BCUT2D eigenvalue weighted by Crippen LogP contribution is 2.25. The van der Waals surface area contributed by atoms with Gasteiger partial charge in [0.2, 0.25) is 5.95 Å². The number of nitrogens with two attached hydrogens (primary N) is 1. The molecule has 5 nitrogen and oxygen atoms in total. The number of rotatable bonds is 2. The molecule has 3 rings (SSSR count). The maximum Gasteiger partial charge on any atom is 0.245 e. The smallest absolute Gasteiger partial charge is 0.245 e. The Hall–Kier alpha value is -1.62. The number of anilines is 1. The first-order valence-electron chi connectivity index (χ1n) is 6.56. The van der Waals surface area contributed by atoms with Gasteiger partial charge in [-0.25, -0.2) is 4.52 Å². The van der Waals surface area contributed by atoms with Crippen LogP contribution in [0.15, 0.2) is 24.4 Å². The number of hydrogen-bond acceptors (Lipinski definition) is 4. The van der Waals surface area contributed by atoms with Crippen molar-refractivity contribution in [3.63, 3.8) is 0 Å². The average molecular weight is 245 g/mol. The minimum Gasteiger partial charge on any atom is -0.336 e. The number of aromatic nitrogens is 3. The van der Waals surface area contributed by atoms with Gasteiger partial charge in [0.1, 0.15) is 0 Å². The molecule has 2 unspecified atom stereocenters. The van der Waals surface area contributed by atoms with Crippen molar-refractivity contribution in [2.24, 2.45) is 11.7 Å². The van der Waals surface area contributed by atoms with Crippen molar-refractivity contribution in [3.8, 4) is 0 Å². The van der Waals surface area contributed by atoms with Gasteiger partial charge in [0.25, 0.3) is 0 Å². The lowest BCUT2D eigenvalue weighted by atomic mass is 9.94. The first-order chi connectivity index (χ1) is 8.78. The van der Waals surface area contributed by atoms with E-state index in [9.17, 15) is 0 Å². The normalized spacial score (nSPS) is 24.7. The van der Waals surface area contributed by atoms with Crippen LogP contribution in [-0.2, 0) is 0 Å². The molecule has 0 saturated carbocycles. The lowest BCUT2D eigenvalue weighted by Crippen LogP contribution is -2.44. The molecule has 2 aromatic rings. The van der Waals surface area contributed by atoms with E-state index in [-0.39, 0.29) is 0 Å². The molecule has 1 fully saturated rings. The molecule has 2 aromatic heterocycles. The zero-order valence-electron chi connectivity index (χ0n) is 10.7. The molecule has 1 aliphatic rings. The van der Waals surface area contributed by atoms with Gasteiger partial charge in [-0.3, -0.25) is 0 Å². The molecule has 0 bridgehead atoms. The summed E-state index contributed by atoms with van der Waals surface area (Å²) in [4.78, 5) is 6.88. The van der Waals surface area contributed by atoms with Gasteiger partial charge >= 0.3 is 0 Å². The molecule has 96 valence electrons. The van der Waals surface area contributed by atoms with Gasteiger partial charge < -0.3 is 10.6 Å². The van der Waals surface area contributed by atoms with Crippen LogP contribution < -0.4 is 10.6 Å². The summed E-state index contributed by atoms with van der Waals surface area (Å²) in [5, 5.41) is 4.55. The van der Waals surface area contributed by atoms with Gasteiger partial charge in [-0.2, -0.15) is 4.98 Å². The monoisotopic (exact) mass is 245 g/mol. The fourth-order valence-electron chi connectivity index (χ4n) is 2.59. The van der Waals surface area contributed by atoms with Crippen molar-refractivity contribution in [2.75, 3.05) is 18.0 Å². The molecular weight excluding hydrogens is 226 g/mol. The third kappa shape index (κ3) is 1.95. The van der Waals surface area contributed by atoms with Crippen LogP contribution in [0.1, 0.15) is 19.8 Å². The van der Waals surface area contributed by atoms with Crippen LogP contribution in [0.3, 0.4) is 0 Å². The zero-order valence-corrected chi connectivity index (χ0v) is 10.7. The van der Waals surface area contributed by atoms with Crippen LogP contribution in [0.4, 0.5) is 5.95 Å². The predicted molar refractivity (Wildman–Crippen MR) is 71.6 cm³/mol. The van der Waals surface area contributed by atoms with Crippen molar-refractivity contribution in [1.82, 2.24) is 14.6 Å². The number of pyridine rings is 1. The molecule has 1 saturated heterocycles. The maximum absolute atomic E-state index is 5.79. The second-order valence-electron chi connectivity index (χ2n) is 5.10. The molecule has 0 radical (unpaired) electrons. The van der Waals surface area contributed by atoms with Gasteiger partial charge in [0, 0.05) is 18.8 Å². The minimum atomic E-state index is 0.491. The molecule has 18 heavy (non-hydrogen) atoms. The highest BCUT2D eigenvalue weighted by molar-refractivity contribution is 5.45.